The Morgan fingerprint density at radius 3 is 2.12 bits per heavy atom. The number of benzene rings is 1. The van der Waals surface area contributed by atoms with Crippen LogP contribution in [-0.2, 0) is 0 Å². The largest absolute Gasteiger partial charge is 0.493 e. The van der Waals surface area contributed by atoms with Crippen molar-refractivity contribution in [2.75, 3.05) is 11.9 Å². The van der Waals surface area contributed by atoms with Gasteiger partial charge in [0.2, 0.25) is 0 Å². The summed E-state index contributed by atoms with van der Waals surface area (Å²) in [6.07, 6.45) is 0. The van der Waals surface area contributed by atoms with Crippen LogP contribution in [-0.4, -0.2) is 12.6 Å². The van der Waals surface area contributed by atoms with Gasteiger partial charge in [0, 0.05) is 11.7 Å². The fraction of sp³-hybridized carbons (Fsp3) is 0.571. The summed E-state index contributed by atoms with van der Waals surface area (Å²) in [5.74, 6) is 0.934. The molecule has 0 aliphatic rings. The normalized spacial score (nSPS) is 11.6. The fourth-order valence-electron chi connectivity index (χ4n) is 1.28. The Balaban J connectivity index is 2.51. The van der Waals surface area contributed by atoms with Crippen molar-refractivity contribution in [2.45, 2.75) is 40.7 Å². The van der Waals surface area contributed by atoms with Gasteiger partial charge < -0.3 is 10.1 Å². The Morgan fingerprint density at radius 2 is 1.69 bits per heavy atom. The zero-order valence-corrected chi connectivity index (χ0v) is 11.0. The molecular formula is C14H23NO. The standard InChI is InChI=1S/C14H23NO/c1-11(2)15-12-6-8-13(9-7-12)16-10-14(3,4)5/h6-9,11,15H,10H2,1-5H3. The molecule has 1 rings (SSSR count). The van der Waals surface area contributed by atoms with Crippen LogP contribution in [0.4, 0.5) is 5.69 Å². The quantitative estimate of drug-likeness (QED) is 0.831. The Bertz CT molecular complexity index is 309. The molecule has 0 aromatic heterocycles. The predicted molar refractivity (Wildman–Crippen MR) is 70.2 cm³/mol. The maximum atomic E-state index is 5.70. The SMILES string of the molecule is CC(C)Nc1ccc(OCC(C)(C)C)cc1. The van der Waals surface area contributed by atoms with Crippen LogP contribution in [0.25, 0.3) is 0 Å². The van der Waals surface area contributed by atoms with Gasteiger partial charge in [-0.3, -0.25) is 0 Å². The number of nitrogens with one attached hydrogen (secondary N) is 1. The highest BCUT2D eigenvalue weighted by Gasteiger charge is 2.10. The number of anilines is 1. The number of hydrogen-bond acceptors (Lipinski definition) is 2. The summed E-state index contributed by atoms with van der Waals surface area (Å²) in [6.45, 7) is 11.5. The van der Waals surface area contributed by atoms with Crippen LogP contribution in [0.5, 0.6) is 5.75 Å². The summed E-state index contributed by atoms with van der Waals surface area (Å²) < 4.78 is 5.70. The molecule has 0 bridgehead atoms. The lowest BCUT2D eigenvalue weighted by Crippen LogP contribution is -2.16. The van der Waals surface area contributed by atoms with Gasteiger partial charge in [0.05, 0.1) is 6.61 Å². The number of hydrogen-bond donors (Lipinski definition) is 1. The van der Waals surface area contributed by atoms with Crippen molar-refractivity contribution in [1.82, 2.24) is 0 Å². The molecule has 0 saturated heterocycles. The van der Waals surface area contributed by atoms with E-state index in [4.69, 9.17) is 4.74 Å². The highest BCUT2D eigenvalue weighted by Crippen LogP contribution is 2.20. The third kappa shape index (κ3) is 5.06. The second-order valence-electron chi connectivity index (χ2n) is 5.67. The van der Waals surface area contributed by atoms with E-state index in [9.17, 15) is 0 Å². The van der Waals surface area contributed by atoms with E-state index in [1.54, 1.807) is 0 Å². The third-order valence-corrected chi connectivity index (χ3v) is 1.98. The first-order chi connectivity index (χ1) is 7.37. The molecule has 0 radical (unpaired) electrons. The molecule has 0 spiro atoms. The molecule has 0 aliphatic carbocycles. The molecule has 0 unspecified atom stereocenters. The minimum atomic E-state index is 0.203. The highest BCUT2D eigenvalue weighted by molar-refractivity contribution is 5.46. The smallest absolute Gasteiger partial charge is 0.119 e. The molecule has 16 heavy (non-hydrogen) atoms. The van der Waals surface area contributed by atoms with Gasteiger partial charge in [-0.05, 0) is 43.5 Å². The average molecular weight is 221 g/mol. The van der Waals surface area contributed by atoms with Crippen molar-refractivity contribution in [1.29, 1.82) is 0 Å². The highest BCUT2D eigenvalue weighted by atomic mass is 16.5. The van der Waals surface area contributed by atoms with E-state index in [1.807, 2.05) is 12.1 Å². The fourth-order valence-corrected chi connectivity index (χ4v) is 1.28. The second kappa shape index (κ2) is 5.24. The monoisotopic (exact) mass is 221 g/mol. The molecular weight excluding hydrogens is 198 g/mol. The van der Waals surface area contributed by atoms with Gasteiger partial charge in [-0.25, -0.2) is 0 Å². The molecule has 0 heterocycles. The maximum absolute atomic E-state index is 5.70. The molecule has 0 aliphatic heterocycles. The van der Waals surface area contributed by atoms with E-state index in [0.717, 1.165) is 18.0 Å². The van der Waals surface area contributed by atoms with Crippen molar-refractivity contribution in [3.63, 3.8) is 0 Å². The molecule has 1 N–H and O–H groups in total. The third-order valence-electron chi connectivity index (χ3n) is 1.98. The van der Waals surface area contributed by atoms with Gasteiger partial charge in [-0.2, -0.15) is 0 Å². The van der Waals surface area contributed by atoms with Gasteiger partial charge in [0.25, 0.3) is 0 Å². The molecule has 0 saturated carbocycles. The summed E-state index contributed by atoms with van der Waals surface area (Å²) in [5, 5.41) is 3.35. The van der Waals surface area contributed by atoms with Gasteiger partial charge in [-0.15, -0.1) is 0 Å². The first-order valence-electron chi connectivity index (χ1n) is 5.86. The van der Waals surface area contributed by atoms with Crippen molar-refractivity contribution >= 4 is 5.69 Å². The van der Waals surface area contributed by atoms with Crippen LogP contribution >= 0.6 is 0 Å². The van der Waals surface area contributed by atoms with Gasteiger partial charge in [-0.1, -0.05) is 20.8 Å². The van der Waals surface area contributed by atoms with Gasteiger partial charge in [0.15, 0.2) is 0 Å². The summed E-state index contributed by atoms with van der Waals surface area (Å²) in [7, 11) is 0. The zero-order valence-electron chi connectivity index (χ0n) is 11.0. The second-order valence-corrected chi connectivity index (χ2v) is 5.67. The van der Waals surface area contributed by atoms with Crippen molar-refractivity contribution in [3.8, 4) is 5.75 Å². The van der Waals surface area contributed by atoms with Gasteiger partial charge >= 0.3 is 0 Å². The Hall–Kier alpha value is -1.18. The molecule has 0 atom stereocenters. The molecule has 2 nitrogen and oxygen atoms in total. The van der Waals surface area contributed by atoms with Crippen LogP contribution < -0.4 is 10.1 Å². The Morgan fingerprint density at radius 1 is 1.12 bits per heavy atom. The van der Waals surface area contributed by atoms with E-state index in [1.165, 1.54) is 0 Å². The van der Waals surface area contributed by atoms with E-state index in [2.05, 4.69) is 52.1 Å². The van der Waals surface area contributed by atoms with Crippen molar-refractivity contribution < 1.29 is 4.74 Å². The first-order valence-corrected chi connectivity index (χ1v) is 5.86. The van der Waals surface area contributed by atoms with Crippen LogP contribution in [0.15, 0.2) is 24.3 Å². The lowest BCUT2D eigenvalue weighted by molar-refractivity contribution is 0.198. The molecule has 0 fully saturated rings. The molecule has 2 heteroatoms. The van der Waals surface area contributed by atoms with E-state index in [-0.39, 0.29) is 5.41 Å². The molecule has 1 aromatic carbocycles. The van der Waals surface area contributed by atoms with Crippen LogP contribution in [0.1, 0.15) is 34.6 Å². The average Bonchev–Trinajstić information content (AvgIpc) is 2.14. The molecule has 1 aromatic rings. The predicted octanol–water partition coefficient (Wildman–Crippen LogP) is 3.93. The molecule has 90 valence electrons. The van der Waals surface area contributed by atoms with Crippen LogP contribution in [0.3, 0.4) is 0 Å². The number of rotatable bonds is 4. The summed E-state index contributed by atoms with van der Waals surface area (Å²) >= 11 is 0. The minimum Gasteiger partial charge on any atom is -0.493 e. The van der Waals surface area contributed by atoms with Crippen molar-refractivity contribution in [2.24, 2.45) is 5.41 Å². The summed E-state index contributed by atoms with van der Waals surface area (Å²) in [6, 6.07) is 8.59. The Labute approximate surface area is 99.0 Å². The lowest BCUT2D eigenvalue weighted by Gasteiger charge is -2.19. The minimum absolute atomic E-state index is 0.203. The Kier molecular flexibility index (Phi) is 4.22. The van der Waals surface area contributed by atoms with Crippen molar-refractivity contribution in [3.05, 3.63) is 24.3 Å². The van der Waals surface area contributed by atoms with Crippen LogP contribution in [0.2, 0.25) is 0 Å². The van der Waals surface area contributed by atoms with E-state index < -0.39 is 0 Å². The zero-order chi connectivity index (χ0) is 12.2. The lowest BCUT2D eigenvalue weighted by atomic mass is 9.99. The number of ether oxygens (including phenoxy) is 1. The van der Waals surface area contributed by atoms with E-state index >= 15 is 0 Å². The van der Waals surface area contributed by atoms with Gasteiger partial charge in [0.1, 0.15) is 5.75 Å². The topological polar surface area (TPSA) is 21.3 Å². The van der Waals surface area contributed by atoms with Crippen LogP contribution in [0, 0.1) is 5.41 Å². The van der Waals surface area contributed by atoms with E-state index in [0.29, 0.717) is 6.04 Å². The summed E-state index contributed by atoms with van der Waals surface area (Å²) in [4.78, 5) is 0. The maximum Gasteiger partial charge on any atom is 0.119 e. The molecule has 0 amide bonds. The first kappa shape index (κ1) is 12.9. The summed E-state index contributed by atoms with van der Waals surface area (Å²) in [5.41, 5.74) is 1.34.